The molecule has 0 aromatic heterocycles. The maximum atomic E-state index is 11.5. The normalized spacial score (nSPS) is 11.3. The van der Waals surface area contributed by atoms with E-state index in [4.69, 9.17) is 0 Å². The number of nitrogens with one attached hydrogen (secondary N) is 1. The second-order valence-corrected chi connectivity index (χ2v) is 7.62. The summed E-state index contributed by atoms with van der Waals surface area (Å²) in [4.78, 5) is 0.325. The summed E-state index contributed by atoms with van der Waals surface area (Å²) >= 11 is 3.53. The molecule has 0 atom stereocenters. The van der Waals surface area contributed by atoms with E-state index in [1.807, 2.05) is 19.1 Å². The summed E-state index contributed by atoms with van der Waals surface area (Å²) < 4.78 is 24.1. The molecular formula is C15H16BrNO2S. The minimum absolute atomic E-state index is 0.325. The fourth-order valence-electron chi connectivity index (χ4n) is 1.83. The Morgan fingerprint density at radius 3 is 2.55 bits per heavy atom. The minimum atomic E-state index is -3.17. The van der Waals surface area contributed by atoms with Gasteiger partial charge in [-0.1, -0.05) is 34.1 Å². The molecule has 0 heterocycles. The lowest BCUT2D eigenvalue weighted by Crippen LogP contribution is -2.02. The molecule has 106 valence electrons. The number of halogens is 1. The molecule has 5 heteroatoms. The van der Waals surface area contributed by atoms with Crippen molar-refractivity contribution >= 4 is 31.5 Å². The van der Waals surface area contributed by atoms with Gasteiger partial charge in [-0.3, -0.25) is 0 Å². The van der Waals surface area contributed by atoms with Crippen molar-refractivity contribution in [2.75, 3.05) is 11.6 Å². The Morgan fingerprint density at radius 1 is 1.15 bits per heavy atom. The van der Waals surface area contributed by atoms with Gasteiger partial charge in [0.05, 0.1) is 4.90 Å². The maximum absolute atomic E-state index is 11.5. The molecule has 0 aliphatic carbocycles. The van der Waals surface area contributed by atoms with E-state index in [9.17, 15) is 8.42 Å². The molecule has 0 aliphatic heterocycles. The Bertz CT molecular complexity index is 726. The molecule has 1 N–H and O–H groups in total. The van der Waals surface area contributed by atoms with Crippen LogP contribution in [-0.4, -0.2) is 14.7 Å². The lowest BCUT2D eigenvalue weighted by Gasteiger charge is -2.10. The van der Waals surface area contributed by atoms with E-state index < -0.39 is 9.84 Å². The van der Waals surface area contributed by atoms with Crippen LogP contribution in [-0.2, 0) is 16.4 Å². The highest BCUT2D eigenvalue weighted by molar-refractivity contribution is 9.10. The first-order valence-electron chi connectivity index (χ1n) is 6.15. The zero-order valence-corrected chi connectivity index (χ0v) is 13.8. The van der Waals surface area contributed by atoms with Crippen LogP contribution in [0, 0.1) is 6.92 Å². The van der Waals surface area contributed by atoms with Crippen LogP contribution >= 0.6 is 15.9 Å². The largest absolute Gasteiger partial charge is 0.381 e. The smallest absolute Gasteiger partial charge is 0.175 e. The standard InChI is InChI=1S/C15H16BrNO2S/c1-11-6-7-12(15(16)8-11)10-17-13-4-3-5-14(9-13)20(2,18)19/h3-9,17H,10H2,1-2H3. The monoisotopic (exact) mass is 353 g/mol. The summed E-state index contributed by atoms with van der Waals surface area (Å²) in [5.41, 5.74) is 3.11. The fourth-order valence-corrected chi connectivity index (χ4v) is 3.13. The molecular weight excluding hydrogens is 338 g/mol. The van der Waals surface area contributed by atoms with Gasteiger partial charge in [-0.15, -0.1) is 0 Å². The van der Waals surface area contributed by atoms with Crippen molar-refractivity contribution in [3.63, 3.8) is 0 Å². The number of sulfone groups is 1. The summed E-state index contributed by atoms with van der Waals surface area (Å²) in [6, 6.07) is 13.0. The second kappa shape index (κ2) is 5.97. The Morgan fingerprint density at radius 2 is 1.90 bits per heavy atom. The van der Waals surface area contributed by atoms with Crippen molar-refractivity contribution in [1.29, 1.82) is 0 Å². The summed E-state index contributed by atoms with van der Waals surface area (Å²) in [6.07, 6.45) is 1.21. The van der Waals surface area contributed by atoms with Crippen LogP contribution in [0.5, 0.6) is 0 Å². The predicted molar refractivity (Wildman–Crippen MR) is 85.8 cm³/mol. The van der Waals surface area contributed by atoms with E-state index in [0.717, 1.165) is 15.7 Å². The number of aryl methyl sites for hydroxylation is 1. The maximum Gasteiger partial charge on any atom is 0.175 e. The van der Waals surface area contributed by atoms with E-state index in [0.29, 0.717) is 11.4 Å². The van der Waals surface area contributed by atoms with Crippen LogP contribution in [0.3, 0.4) is 0 Å². The van der Waals surface area contributed by atoms with E-state index in [1.165, 1.54) is 11.8 Å². The van der Waals surface area contributed by atoms with Gasteiger partial charge >= 0.3 is 0 Å². The first-order valence-corrected chi connectivity index (χ1v) is 8.84. The number of hydrogen-bond donors (Lipinski definition) is 1. The first kappa shape index (κ1) is 15.1. The quantitative estimate of drug-likeness (QED) is 0.909. The Kier molecular flexibility index (Phi) is 4.50. The van der Waals surface area contributed by atoms with Crippen molar-refractivity contribution in [2.45, 2.75) is 18.4 Å². The van der Waals surface area contributed by atoms with Gasteiger partial charge < -0.3 is 5.32 Å². The third-order valence-corrected chi connectivity index (χ3v) is 4.80. The molecule has 0 bridgehead atoms. The van der Waals surface area contributed by atoms with Gasteiger partial charge in [0.25, 0.3) is 0 Å². The molecule has 2 rings (SSSR count). The lowest BCUT2D eigenvalue weighted by atomic mass is 10.1. The predicted octanol–water partition coefficient (Wildman–Crippen LogP) is 3.77. The van der Waals surface area contributed by atoms with Gasteiger partial charge in [-0.25, -0.2) is 8.42 Å². The number of rotatable bonds is 4. The Labute approximate surface area is 128 Å². The Hall–Kier alpha value is -1.33. The van der Waals surface area contributed by atoms with Crippen LogP contribution in [0.15, 0.2) is 51.8 Å². The van der Waals surface area contributed by atoms with E-state index in [2.05, 4.69) is 33.4 Å². The lowest BCUT2D eigenvalue weighted by molar-refractivity contribution is 0.602. The Balaban J connectivity index is 2.15. The van der Waals surface area contributed by atoms with E-state index in [-0.39, 0.29) is 0 Å². The molecule has 2 aromatic rings. The molecule has 2 aromatic carbocycles. The van der Waals surface area contributed by atoms with Crippen molar-refractivity contribution < 1.29 is 8.42 Å². The number of anilines is 1. The number of hydrogen-bond acceptors (Lipinski definition) is 3. The van der Waals surface area contributed by atoms with Gasteiger partial charge in [0.1, 0.15) is 0 Å². The second-order valence-electron chi connectivity index (χ2n) is 4.75. The third-order valence-electron chi connectivity index (χ3n) is 2.95. The van der Waals surface area contributed by atoms with Gasteiger partial charge in [-0.2, -0.15) is 0 Å². The number of benzene rings is 2. The molecule has 0 spiro atoms. The van der Waals surface area contributed by atoms with E-state index in [1.54, 1.807) is 18.2 Å². The average molecular weight is 354 g/mol. The summed E-state index contributed by atoms with van der Waals surface area (Å²) in [5, 5.41) is 3.24. The first-order chi connectivity index (χ1) is 9.36. The highest BCUT2D eigenvalue weighted by Crippen LogP contribution is 2.21. The van der Waals surface area contributed by atoms with Crippen molar-refractivity contribution in [3.05, 3.63) is 58.1 Å². The highest BCUT2D eigenvalue weighted by atomic mass is 79.9. The SMILES string of the molecule is Cc1ccc(CNc2cccc(S(C)(=O)=O)c2)c(Br)c1. The topological polar surface area (TPSA) is 46.2 Å². The molecule has 3 nitrogen and oxygen atoms in total. The molecule has 0 radical (unpaired) electrons. The summed E-state index contributed by atoms with van der Waals surface area (Å²) in [7, 11) is -3.17. The summed E-state index contributed by atoms with van der Waals surface area (Å²) in [5.74, 6) is 0. The van der Waals surface area contributed by atoms with Gasteiger partial charge in [-0.05, 0) is 42.3 Å². The van der Waals surface area contributed by atoms with Crippen LogP contribution in [0.25, 0.3) is 0 Å². The molecule has 0 amide bonds. The summed E-state index contributed by atoms with van der Waals surface area (Å²) in [6.45, 7) is 2.67. The van der Waals surface area contributed by atoms with Crippen molar-refractivity contribution in [2.24, 2.45) is 0 Å². The van der Waals surface area contributed by atoms with Gasteiger partial charge in [0.2, 0.25) is 0 Å². The van der Waals surface area contributed by atoms with Gasteiger partial charge in [0, 0.05) is 23.0 Å². The van der Waals surface area contributed by atoms with E-state index >= 15 is 0 Å². The molecule has 0 unspecified atom stereocenters. The highest BCUT2D eigenvalue weighted by Gasteiger charge is 2.07. The van der Waals surface area contributed by atoms with Crippen molar-refractivity contribution in [1.82, 2.24) is 0 Å². The van der Waals surface area contributed by atoms with Crippen LogP contribution in [0.4, 0.5) is 5.69 Å². The average Bonchev–Trinajstić information content (AvgIpc) is 2.37. The molecule has 20 heavy (non-hydrogen) atoms. The van der Waals surface area contributed by atoms with Gasteiger partial charge in [0.15, 0.2) is 9.84 Å². The molecule has 0 saturated heterocycles. The van der Waals surface area contributed by atoms with Crippen LogP contribution in [0.1, 0.15) is 11.1 Å². The van der Waals surface area contributed by atoms with Crippen molar-refractivity contribution in [3.8, 4) is 0 Å². The molecule has 0 aliphatic rings. The molecule has 0 saturated carbocycles. The zero-order valence-electron chi connectivity index (χ0n) is 11.4. The molecule has 0 fully saturated rings. The zero-order chi connectivity index (χ0) is 14.8. The third kappa shape index (κ3) is 3.84. The van der Waals surface area contributed by atoms with Crippen LogP contribution < -0.4 is 5.32 Å². The minimum Gasteiger partial charge on any atom is -0.381 e. The fraction of sp³-hybridized carbons (Fsp3) is 0.200. The van der Waals surface area contributed by atoms with Crippen LogP contribution in [0.2, 0.25) is 0 Å².